The van der Waals surface area contributed by atoms with Gasteiger partial charge < -0.3 is 9.80 Å². The van der Waals surface area contributed by atoms with E-state index < -0.39 is 0 Å². The van der Waals surface area contributed by atoms with Crippen molar-refractivity contribution in [1.29, 1.82) is 0 Å². The lowest BCUT2D eigenvalue weighted by Crippen LogP contribution is -2.39. The van der Waals surface area contributed by atoms with Gasteiger partial charge in [-0.25, -0.2) is 0 Å². The molecule has 120 valence electrons. The summed E-state index contributed by atoms with van der Waals surface area (Å²) in [6.07, 6.45) is 6.32. The third-order valence-electron chi connectivity index (χ3n) is 5.05. The number of amides is 1. The van der Waals surface area contributed by atoms with Crippen LogP contribution in [0.15, 0.2) is 24.3 Å². The second-order valence-electron chi connectivity index (χ2n) is 6.58. The van der Waals surface area contributed by atoms with Gasteiger partial charge in [0.1, 0.15) is 0 Å². The Morgan fingerprint density at radius 2 is 1.68 bits per heavy atom. The van der Waals surface area contributed by atoms with Gasteiger partial charge in [-0.3, -0.25) is 4.79 Å². The predicted molar refractivity (Wildman–Crippen MR) is 90.4 cm³/mol. The maximum Gasteiger partial charge on any atom is 0.253 e. The minimum Gasteiger partial charge on any atom is -0.339 e. The average molecular weight is 321 g/mol. The number of carbonyl (C=O) groups is 1. The van der Waals surface area contributed by atoms with Crippen LogP contribution in [0.3, 0.4) is 0 Å². The average Bonchev–Trinajstić information content (AvgIpc) is 3.07. The number of benzene rings is 1. The zero-order chi connectivity index (χ0) is 15.4. The number of carbonyl (C=O) groups excluding carboxylic acids is 1. The van der Waals surface area contributed by atoms with E-state index in [2.05, 4.69) is 4.90 Å². The minimum atomic E-state index is 0.148. The van der Waals surface area contributed by atoms with E-state index in [1.54, 1.807) is 12.1 Å². The lowest BCUT2D eigenvalue weighted by atomic mass is 9.93. The minimum absolute atomic E-state index is 0.148. The Hall–Kier alpha value is -1.06. The van der Waals surface area contributed by atoms with Gasteiger partial charge >= 0.3 is 0 Å². The molecule has 2 fully saturated rings. The van der Waals surface area contributed by atoms with E-state index in [4.69, 9.17) is 11.6 Å². The molecule has 1 aromatic rings. The summed E-state index contributed by atoms with van der Waals surface area (Å²) in [7, 11) is 0. The molecule has 3 nitrogen and oxygen atoms in total. The Kier molecular flexibility index (Phi) is 5.37. The van der Waals surface area contributed by atoms with Crippen molar-refractivity contribution in [3.8, 4) is 0 Å². The van der Waals surface area contributed by atoms with E-state index in [9.17, 15) is 4.79 Å². The Bertz CT molecular complexity index is 488. The zero-order valence-electron chi connectivity index (χ0n) is 13.1. The van der Waals surface area contributed by atoms with Crippen molar-refractivity contribution in [2.24, 2.45) is 5.92 Å². The molecule has 0 aliphatic carbocycles. The first-order chi connectivity index (χ1) is 10.7. The Labute approximate surface area is 138 Å². The lowest BCUT2D eigenvalue weighted by molar-refractivity contribution is 0.0682. The van der Waals surface area contributed by atoms with Crippen LogP contribution >= 0.6 is 11.6 Å². The van der Waals surface area contributed by atoms with Crippen molar-refractivity contribution < 1.29 is 4.79 Å². The molecule has 0 unspecified atom stereocenters. The van der Waals surface area contributed by atoms with Crippen LogP contribution in [0, 0.1) is 5.92 Å². The van der Waals surface area contributed by atoms with Crippen molar-refractivity contribution >= 4 is 17.5 Å². The van der Waals surface area contributed by atoms with Gasteiger partial charge in [-0.2, -0.15) is 0 Å². The molecule has 2 saturated heterocycles. The molecular formula is C18H25ClN2O. The summed E-state index contributed by atoms with van der Waals surface area (Å²) in [6, 6.07) is 7.23. The normalized spacial score (nSPS) is 20.5. The van der Waals surface area contributed by atoms with Crippen molar-refractivity contribution in [1.82, 2.24) is 9.80 Å². The summed E-state index contributed by atoms with van der Waals surface area (Å²) in [5.74, 6) is 0.935. The monoisotopic (exact) mass is 320 g/mol. The zero-order valence-corrected chi connectivity index (χ0v) is 13.9. The fourth-order valence-electron chi connectivity index (χ4n) is 3.57. The second-order valence-corrected chi connectivity index (χ2v) is 7.02. The highest BCUT2D eigenvalue weighted by Crippen LogP contribution is 2.23. The molecule has 22 heavy (non-hydrogen) atoms. The standard InChI is InChI=1S/C18H25ClN2O/c19-17-5-3-16(4-6-17)18(22)21-13-8-15(9-14-21)7-12-20-10-1-2-11-20/h3-6,15H,1-2,7-14H2. The van der Waals surface area contributed by atoms with Gasteiger partial charge in [0.15, 0.2) is 0 Å². The Morgan fingerprint density at radius 3 is 2.32 bits per heavy atom. The Balaban J connectivity index is 1.44. The maximum absolute atomic E-state index is 12.5. The van der Waals surface area contributed by atoms with Crippen LogP contribution in [0.2, 0.25) is 5.02 Å². The van der Waals surface area contributed by atoms with Gasteiger partial charge in [0.2, 0.25) is 0 Å². The lowest BCUT2D eigenvalue weighted by Gasteiger charge is -2.32. The number of rotatable bonds is 4. The van der Waals surface area contributed by atoms with Crippen molar-refractivity contribution in [2.45, 2.75) is 32.1 Å². The number of hydrogen-bond acceptors (Lipinski definition) is 2. The van der Waals surface area contributed by atoms with Crippen molar-refractivity contribution in [3.63, 3.8) is 0 Å². The SMILES string of the molecule is O=C(c1ccc(Cl)cc1)N1CCC(CCN2CCCC2)CC1. The summed E-state index contributed by atoms with van der Waals surface area (Å²) in [5, 5.41) is 0.678. The van der Waals surface area contributed by atoms with Crippen LogP contribution in [-0.4, -0.2) is 48.4 Å². The number of hydrogen-bond donors (Lipinski definition) is 0. The molecule has 2 heterocycles. The van der Waals surface area contributed by atoms with Gasteiger partial charge in [-0.15, -0.1) is 0 Å². The van der Waals surface area contributed by atoms with E-state index in [0.29, 0.717) is 5.02 Å². The Morgan fingerprint density at radius 1 is 1.05 bits per heavy atom. The molecule has 3 rings (SSSR count). The molecule has 0 aromatic heterocycles. The number of likely N-dealkylation sites (tertiary alicyclic amines) is 2. The molecule has 2 aliphatic heterocycles. The summed E-state index contributed by atoms with van der Waals surface area (Å²) in [6.45, 7) is 5.61. The van der Waals surface area contributed by atoms with E-state index in [1.807, 2.05) is 17.0 Å². The quantitative estimate of drug-likeness (QED) is 0.845. The molecule has 0 radical (unpaired) electrons. The molecule has 0 spiro atoms. The largest absolute Gasteiger partial charge is 0.339 e. The fourth-order valence-corrected chi connectivity index (χ4v) is 3.70. The van der Waals surface area contributed by atoms with E-state index in [-0.39, 0.29) is 5.91 Å². The smallest absolute Gasteiger partial charge is 0.253 e. The number of piperidine rings is 1. The van der Waals surface area contributed by atoms with Crippen molar-refractivity contribution in [3.05, 3.63) is 34.9 Å². The highest BCUT2D eigenvalue weighted by atomic mass is 35.5. The van der Waals surface area contributed by atoms with Crippen LogP contribution in [0.25, 0.3) is 0 Å². The molecule has 0 saturated carbocycles. The first kappa shape index (κ1) is 15.8. The highest BCUT2D eigenvalue weighted by Gasteiger charge is 2.24. The first-order valence-corrected chi connectivity index (χ1v) is 8.87. The van der Waals surface area contributed by atoms with Gasteiger partial charge in [0, 0.05) is 23.7 Å². The first-order valence-electron chi connectivity index (χ1n) is 8.49. The van der Waals surface area contributed by atoms with Crippen LogP contribution in [0.1, 0.15) is 42.5 Å². The van der Waals surface area contributed by atoms with Crippen LogP contribution in [0.5, 0.6) is 0 Å². The maximum atomic E-state index is 12.5. The fraction of sp³-hybridized carbons (Fsp3) is 0.611. The van der Waals surface area contributed by atoms with E-state index in [0.717, 1.165) is 37.4 Å². The van der Waals surface area contributed by atoms with Gasteiger partial charge in [0.05, 0.1) is 0 Å². The van der Waals surface area contributed by atoms with Gasteiger partial charge in [0.25, 0.3) is 5.91 Å². The van der Waals surface area contributed by atoms with E-state index >= 15 is 0 Å². The molecule has 0 bridgehead atoms. The number of halogens is 1. The molecule has 0 atom stereocenters. The molecule has 1 amide bonds. The molecule has 4 heteroatoms. The van der Waals surface area contributed by atoms with Crippen LogP contribution in [0.4, 0.5) is 0 Å². The third kappa shape index (κ3) is 4.02. The van der Waals surface area contributed by atoms with Crippen LogP contribution in [-0.2, 0) is 0 Å². The van der Waals surface area contributed by atoms with Gasteiger partial charge in [-0.05, 0) is 81.9 Å². The van der Waals surface area contributed by atoms with Crippen LogP contribution < -0.4 is 0 Å². The molecule has 1 aromatic carbocycles. The molecule has 2 aliphatic rings. The molecular weight excluding hydrogens is 296 g/mol. The highest BCUT2D eigenvalue weighted by molar-refractivity contribution is 6.30. The number of nitrogens with zero attached hydrogens (tertiary/aromatic N) is 2. The predicted octanol–water partition coefficient (Wildman–Crippen LogP) is 3.68. The summed E-state index contributed by atoms with van der Waals surface area (Å²) < 4.78 is 0. The second kappa shape index (κ2) is 7.47. The summed E-state index contributed by atoms with van der Waals surface area (Å²) in [5.41, 5.74) is 0.750. The molecule has 0 N–H and O–H groups in total. The van der Waals surface area contributed by atoms with Gasteiger partial charge in [-0.1, -0.05) is 11.6 Å². The summed E-state index contributed by atoms with van der Waals surface area (Å²) >= 11 is 5.88. The van der Waals surface area contributed by atoms with E-state index in [1.165, 1.54) is 38.9 Å². The topological polar surface area (TPSA) is 23.6 Å². The van der Waals surface area contributed by atoms with Crippen molar-refractivity contribution in [2.75, 3.05) is 32.7 Å². The third-order valence-corrected chi connectivity index (χ3v) is 5.30. The summed E-state index contributed by atoms with van der Waals surface area (Å²) in [4.78, 5) is 17.0.